The Morgan fingerprint density at radius 2 is 1.13 bits per heavy atom. The van der Waals surface area contributed by atoms with Crippen molar-refractivity contribution in [2.24, 2.45) is 0 Å². The van der Waals surface area contributed by atoms with Crippen LogP contribution in [0.2, 0.25) is 0 Å². The highest BCUT2D eigenvalue weighted by Gasteiger charge is 2.19. The monoisotopic (exact) mass is 577 g/mol. The first kappa shape index (κ1) is 24.3. The Morgan fingerprint density at radius 1 is 0.444 bits per heavy atom. The Bertz CT molecular complexity index is 2750. The second-order valence-electron chi connectivity index (χ2n) is 11.4. The molecule has 0 fully saturated rings. The second kappa shape index (κ2) is 9.15. The van der Waals surface area contributed by atoms with Gasteiger partial charge in [-0.1, -0.05) is 91.0 Å². The van der Waals surface area contributed by atoms with E-state index in [9.17, 15) is 0 Å². The van der Waals surface area contributed by atoms with Crippen molar-refractivity contribution < 1.29 is 8.83 Å². The van der Waals surface area contributed by atoms with Crippen molar-refractivity contribution in [1.29, 1.82) is 0 Å². The van der Waals surface area contributed by atoms with Gasteiger partial charge in [-0.25, -0.2) is 9.97 Å². The lowest BCUT2D eigenvalue weighted by Gasteiger charge is -2.10. The van der Waals surface area contributed by atoms with Crippen LogP contribution in [0.1, 0.15) is 0 Å². The summed E-state index contributed by atoms with van der Waals surface area (Å²) in [5.74, 6) is 0.672. The topological polar surface area (TPSA) is 57.0 Å². The lowest BCUT2D eigenvalue weighted by Crippen LogP contribution is -1.96. The van der Waals surface area contributed by atoms with E-state index < -0.39 is 0 Å². The summed E-state index contributed by atoms with van der Waals surface area (Å²) in [4.78, 5) is 10.0. The Labute approximate surface area is 256 Å². The van der Waals surface area contributed by atoms with Crippen LogP contribution in [0.5, 0.6) is 0 Å². The Kier molecular flexibility index (Phi) is 4.93. The van der Waals surface area contributed by atoms with Gasteiger partial charge >= 0.3 is 0 Å². The molecule has 45 heavy (non-hydrogen) atoms. The summed E-state index contributed by atoms with van der Waals surface area (Å²) in [6.45, 7) is 0. The molecule has 0 radical (unpaired) electrons. The van der Waals surface area contributed by atoms with Gasteiger partial charge in [0.2, 0.25) is 0 Å². The molecule has 0 aliphatic rings. The van der Waals surface area contributed by atoms with Gasteiger partial charge in [0.1, 0.15) is 28.0 Å². The highest BCUT2D eigenvalue weighted by atomic mass is 16.3. The minimum Gasteiger partial charge on any atom is -0.456 e. The average Bonchev–Trinajstić information content (AvgIpc) is 3.76. The van der Waals surface area contributed by atoms with Crippen LogP contribution in [-0.4, -0.2) is 14.5 Å². The van der Waals surface area contributed by atoms with E-state index in [1.54, 1.807) is 0 Å². The van der Waals surface area contributed by atoms with Gasteiger partial charge in [-0.05, 0) is 42.5 Å². The predicted molar refractivity (Wildman–Crippen MR) is 182 cm³/mol. The molecule has 0 saturated carbocycles. The highest BCUT2D eigenvalue weighted by Crippen LogP contribution is 2.39. The molecule has 4 aromatic heterocycles. The average molecular weight is 578 g/mol. The molecular formula is C40H23N3O2. The third kappa shape index (κ3) is 3.55. The van der Waals surface area contributed by atoms with Crippen LogP contribution in [-0.2, 0) is 0 Å². The number of hydrogen-bond acceptors (Lipinski definition) is 4. The zero-order chi connectivity index (χ0) is 29.5. The molecule has 0 aliphatic carbocycles. The van der Waals surface area contributed by atoms with Crippen LogP contribution in [0, 0.1) is 0 Å². The molecule has 5 heteroatoms. The van der Waals surface area contributed by atoms with Crippen LogP contribution in [0.3, 0.4) is 0 Å². The summed E-state index contributed by atoms with van der Waals surface area (Å²) in [5, 5.41) is 5.64. The fourth-order valence-corrected chi connectivity index (χ4v) is 6.74. The molecule has 10 aromatic rings. The summed E-state index contributed by atoms with van der Waals surface area (Å²) in [5.41, 5.74) is 10.1. The summed E-state index contributed by atoms with van der Waals surface area (Å²) in [7, 11) is 0. The molecule has 0 N–H and O–H groups in total. The van der Waals surface area contributed by atoms with E-state index in [1.165, 1.54) is 10.8 Å². The fourth-order valence-electron chi connectivity index (χ4n) is 6.74. The molecule has 0 amide bonds. The van der Waals surface area contributed by atoms with Gasteiger partial charge in [0.05, 0.1) is 11.0 Å². The summed E-state index contributed by atoms with van der Waals surface area (Å²) >= 11 is 0. The van der Waals surface area contributed by atoms with Gasteiger partial charge in [0.15, 0.2) is 11.4 Å². The molecule has 0 atom stereocenters. The van der Waals surface area contributed by atoms with Gasteiger partial charge in [0, 0.05) is 49.8 Å². The normalized spacial score (nSPS) is 12.0. The number of benzene rings is 6. The maximum atomic E-state index is 6.37. The van der Waals surface area contributed by atoms with Crippen molar-refractivity contribution in [1.82, 2.24) is 14.5 Å². The van der Waals surface area contributed by atoms with Crippen molar-refractivity contribution in [3.8, 4) is 28.3 Å². The third-order valence-corrected chi connectivity index (χ3v) is 8.82. The zero-order valence-electron chi connectivity index (χ0n) is 23.9. The molecule has 210 valence electrons. The van der Waals surface area contributed by atoms with Crippen molar-refractivity contribution in [2.45, 2.75) is 0 Å². The quantitative estimate of drug-likeness (QED) is 0.210. The van der Waals surface area contributed by atoms with Crippen molar-refractivity contribution in [3.05, 3.63) is 140 Å². The van der Waals surface area contributed by atoms with Gasteiger partial charge in [-0.2, -0.15) is 0 Å². The summed E-state index contributed by atoms with van der Waals surface area (Å²) in [6.07, 6.45) is 0. The number of nitrogens with zero attached hydrogens (tertiary/aromatic N) is 3. The maximum Gasteiger partial charge on any atom is 0.180 e. The van der Waals surface area contributed by atoms with Crippen LogP contribution in [0.4, 0.5) is 0 Å². The van der Waals surface area contributed by atoms with E-state index in [1.807, 2.05) is 60.7 Å². The maximum absolute atomic E-state index is 6.37. The van der Waals surface area contributed by atoms with E-state index in [0.717, 1.165) is 72.0 Å². The molecule has 6 aromatic carbocycles. The first-order valence-corrected chi connectivity index (χ1v) is 15.0. The number of para-hydroxylation sites is 3. The SMILES string of the molecule is c1ccc(-c2nc(-c3ccc(-n4c5ccccc5c5cc6c(cc54)oc4ccccc46)cc3)c3oc4ccccc4c3n2)cc1. The predicted octanol–water partition coefficient (Wildman–Crippen LogP) is 10.7. The minimum atomic E-state index is 0.672. The van der Waals surface area contributed by atoms with Gasteiger partial charge in [-0.15, -0.1) is 0 Å². The van der Waals surface area contributed by atoms with Gasteiger partial charge in [-0.3, -0.25) is 0 Å². The molecule has 0 aliphatic heterocycles. The number of rotatable bonds is 3. The summed E-state index contributed by atoms with van der Waals surface area (Å²) < 4.78 is 15.0. The fraction of sp³-hybridized carbons (Fsp3) is 0. The standard InChI is InChI=1S/C40H23N3O2/c1-2-10-25(11-3-1)40-41-37(39-38(42-40)29-14-6-9-17-35(29)45-39)24-18-20-26(21-19-24)43-32-15-7-4-12-27(32)30-22-31-28-13-5-8-16-34(28)44-36(31)23-33(30)43/h1-23H. The lowest BCUT2D eigenvalue weighted by atomic mass is 10.1. The van der Waals surface area contributed by atoms with E-state index >= 15 is 0 Å². The van der Waals surface area contributed by atoms with Crippen molar-refractivity contribution >= 4 is 65.8 Å². The smallest absolute Gasteiger partial charge is 0.180 e. The number of aromatic nitrogens is 3. The van der Waals surface area contributed by atoms with E-state index in [-0.39, 0.29) is 0 Å². The number of hydrogen-bond donors (Lipinski definition) is 0. The molecule has 4 heterocycles. The van der Waals surface area contributed by atoms with Gasteiger partial charge < -0.3 is 13.4 Å². The first-order chi connectivity index (χ1) is 22.3. The molecule has 0 bridgehead atoms. The molecular weight excluding hydrogens is 554 g/mol. The van der Waals surface area contributed by atoms with E-state index in [0.29, 0.717) is 11.4 Å². The highest BCUT2D eigenvalue weighted by molar-refractivity contribution is 6.17. The van der Waals surface area contributed by atoms with Gasteiger partial charge in [0.25, 0.3) is 0 Å². The molecule has 10 rings (SSSR count). The minimum absolute atomic E-state index is 0.672. The second-order valence-corrected chi connectivity index (χ2v) is 11.4. The van der Waals surface area contributed by atoms with Crippen LogP contribution in [0.25, 0.3) is 94.1 Å². The first-order valence-electron chi connectivity index (χ1n) is 15.0. The molecule has 5 nitrogen and oxygen atoms in total. The summed E-state index contributed by atoms with van der Waals surface area (Å²) in [6, 6.07) is 47.9. The third-order valence-electron chi connectivity index (χ3n) is 8.82. The molecule has 0 unspecified atom stereocenters. The molecule has 0 spiro atoms. The van der Waals surface area contributed by atoms with Crippen LogP contribution in [0.15, 0.2) is 148 Å². The number of furan rings is 2. The van der Waals surface area contributed by atoms with E-state index in [2.05, 4.69) is 83.4 Å². The Hall–Kier alpha value is -6.20. The number of fused-ring (bicyclic) bond motifs is 9. The zero-order valence-corrected chi connectivity index (χ0v) is 23.9. The molecule has 0 saturated heterocycles. The largest absolute Gasteiger partial charge is 0.456 e. The lowest BCUT2D eigenvalue weighted by molar-refractivity contribution is 0.667. The van der Waals surface area contributed by atoms with Crippen molar-refractivity contribution in [2.75, 3.05) is 0 Å². The van der Waals surface area contributed by atoms with E-state index in [4.69, 9.17) is 18.8 Å². The van der Waals surface area contributed by atoms with Crippen molar-refractivity contribution in [3.63, 3.8) is 0 Å². The Morgan fingerprint density at radius 3 is 1.96 bits per heavy atom. The van der Waals surface area contributed by atoms with Crippen LogP contribution < -0.4 is 0 Å². The Balaban J connectivity index is 1.19. The van der Waals surface area contributed by atoms with Crippen LogP contribution >= 0.6 is 0 Å².